The monoisotopic (exact) mass is 2180 g/mol. The number of nitrogens with two attached hydrogens (primary N) is 4. The predicted molar refractivity (Wildman–Crippen MR) is 526 cm³/mol. The van der Waals surface area contributed by atoms with Crippen molar-refractivity contribution >= 4 is 125 Å². The van der Waals surface area contributed by atoms with Crippen LogP contribution < -0.4 is 84.1 Å². The van der Waals surface area contributed by atoms with Crippen LogP contribution in [-0.2, 0) is 93.4 Å². The Hall–Kier alpha value is -9.88. The van der Waals surface area contributed by atoms with Crippen LogP contribution in [-0.4, -0.2) is 226 Å². The van der Waals surface area contributed by atoms with E-state index in [0.717, 1.165) is 18.3 Å². The van der Waals surface area contributed by atoms with Gasteiger partial charge in [0.2, 0.25) is 0 Å². The van der Waals surface area contributed by atoms with E-state index in [1.54, 1.807) is 177 Å². The Kier molecular flexibility index (Phi) is 41.4. The average molecular weight is 2180 g/mol. The Morgan fingerprint density at radius 3 is 0.653 bits per heavy atom. The summed E-state index contributed by atoms with van der Waals surface area (Å²) in [4.78, 5) is 107. The van der Waals surface area contributed by atoms with Crippen molar-refractivity contribution in [1.29, 1.82) is 0 Å². The van der Waals surface area contributed by atoms with Gasteiger partial charge in [-0.3, -0.25) is 55.5 Å². The zero-order valence-electron chi connectivity index (χ0n) is 80.9. The Morgan fingerprint density at radius 1 is 0.333 bits per heavy atom. The highest BCUT2D eigenvalue weighted by Gasteiger charge is 2.59. The maximum atomic E-state index is 13.6. The molecule has 4 fully saturated rings. The summed E-state index contributed by atoms with van der Waals surface area (Å²) in [6, 6.07) is 34.1. The number of ether oxygens (including phenoxy) is 8. The van der Waals surface area contributed by atoms with Gasteiger partial charge in [-0.15, -0.1) is 46.4 Å². The summed E-state index contributed by atoms with van der Waals surface area (Å²) < 4.78 is 148. The van der Waals surface area contributed by atoms with Crippen LogP contribution in [0.4, 0.5) is 23.3 Å². The molecule has 16 N–H and O–H groups in total. The van der Waals surface area contributed by atoms with Crippen molar-refractivity contribution in [1.82, 2.24) is 58.6 Å². The first-order chi connectivity index (χ1) is 67.3. The molecule has 48 nitrogen and oxygen atoms in total. The predicted octanol–water partition coefficient (Wildman–Crippen LogP) is 8.86. The van der Waals surface area contributed by atoms with Crippen LogP contribution in [0.2, 0.25) is 0 Å². The molecule has 4 aliphatic heterocycles. The first kappa shape index (κ1) is 118. The van der Waals surface area contributed by atoms with Gasteiger partial charge >= 0.3 is 77.6 Å². The fourth-order valence-corrected chi connectivity index (χ4v) is 21.0. The molecule has 8 aromatic rings. The van der Waals surface area contributed by atoms with Gasteiger partial charge in [0.15, 0.2) is 24.9 Å². The Bertz CT molecular complexity index is 5370. The minimum atomic E-state index is -4.21. The number of aromatic nitrogens is 8. The van der Waals surface area contributed by atoms with Crippen LogP contribution in [0.1, 0.15) is 136 Å². The molecular formula is C88H120Cl4N16O32P4. The summed E-state index contributed by atoms with van der Waals surface area (Å²) in [5.74, 6) is -1.73. The van der Waals surface area contributed by atoms with Crippen molar-refractivity contribution < 1.29 is 132 Å². The number of anilines is 4. The third kappa shape index (κ3) is 32.1. The van der Waals surface area contributed by atoms with Gasteiger partial charge in [-0.05, 0) is 184 Å². The van der Waals surface area contributed by atoms with E-state index in [1.807, 2.05) is 0 Å². The van der Waals surface area contributed by atoms with E-state index in [9.17, 15) is 77.0 Å². The van der Waals surface area contributed by atoms with Crippen LogP contribution in [0, 0.1) is 0 Å². The van der Waals surface area contributed by atoms with Crippen LogP contribution in [0.25, 0.3) is 0 Å². The maximum absolute atomic E-state index is 13.6. The van der Waals surface area contributed by atoms with Crippen molar-refractivity contribution in [2.75, 3.05) is 49.4 Å². The number of halogens is 4. The SMILES string of the molecule is CC(C)OC(=O)[C@@H](C)NP(=O)(OC[C@H]1O[C@@H](n2ccc(N)nc2=O)[C@](C)(Cl)[C@@H]1O)Oc1ccccc1.CC(C)OC(=O)[C@@H](C)N[P@@](=O)(OC[C@H]1O[C@@H](n2ccc(N)nc2=O)[C@](C)(Cl)[C@@H]1O)Oc1ccccc1.CC(C)OC(=O)[C@@H](C)N[P@](=O)(OC[C@H]1O[C@@H](n2ccc(N)nc2=O)[C@](C)(Cl)[C@@H]1O)Oc1ccccc1.CC(C)OC(=O)[C@H](C)NP(=O)(OC[C@H]1O[C@@H](n2ccc(N)nc2=O)[C@](C)(Cl)[C@@H]1O)Oc1ccccc1. The normalized spacial score (nSPS) is 26.4. The Morgan fingerprint density at radius 2 is 0.500 bits per heavy atom. The van der Waals surface area contributed by atoms with E-state index in [-0.39, 0.29) is 70.7 Å². The number of hydrogen-bond acceptors (Lipinski definition) is 40. The molecule has 0 bridgehead atoms. The third-order valence-corrected chi connectivity index (χ3v) is 29.2. The summed E-state index contributed by atoms with van der Waals surface area (Å²) in [5.41, 5.74) is 19.3. The van der Waals surface area contributed by atoms with Crippen LogP contribution >= 0.6 is 77.4 Å². The molecule has 0 aliphatic carbocycles. The number of nitrogen functional groups attached to an aromatic ring is 4. The number of nitrogens with zero attached hydrogens (tertiary/aromatic N) is 8. The molecular weight excluding hydrogens is 2060 g/mol. The van der Waals surface area contributed by atoms with Crippen molar-refractivity contribution in [3.8, 4) is 23.0 Å². The van der Waals surface area contributed by atoms with E-state index >= 15 is 0 Å². The van der Waals surface area contributed by atoms with E-state index in [1.165, 1.54) is 104 Å². The van der Waals surface area contributed by atoms with Gasteiger partial charge in [-0.25, -0.2) is 37.4 Å². The number of esters is 4. The first-order valence-corrected chi connectivity index (χ1v) is 52.4. The van der Waals surface area contributed by atoms with Gasteiger partial charge in [0.05, 0.1) is 50.8 Å². The van der Waals surface area contributed by atoms with E-state index in [4.69, 9.17) is 143 Å². The molecule has 144 heavy (non-hydrogen) atoms. The molecule has 4 aromatic heterocycles. The van der Waals surface area contributed by atoms with Gasteiger partial charge in [-0.1, -0.05) is 72.8 Å². The lowest BCUT2D eigenvalue weighted by molar-refractivity contribution is -0.150. The molecule has 24 atom stereocenters. The van der Waals surface area contributed by atoms with E-state index < -0.39 is 221 Å². The number of carbonyl (C=O) groups excluding carboxylic acids is 4. The molecule has 12 rings (SSSR count). The molecule has 2 unspecified atom stereocenters. The van der Waals surface area contributed by atoms with Gasteiger partial charge in [0.25, 0.3) is 0 Å². The second kappa shape index (κ2) is 50.7. The largest absolute Gasteiger partial charge is 0.462 e. The second-order valence-electron chi connectivity index (χ2n) is 34.8. The lowest BCUT2D eigenvalue weighted by Gasteiger charge is -2.26. The smallest absolute Gasteiger partial charge is 0.459 e. The minimum absolute atomic E-state index is 0.0149. The number of para-hydroxylation sites is 4. The molecule has 4 aromatic carbocycles. The van der Waals surface area contributed by atoms with Crippen molar-refractivity contribution in [3.05, 3.63) is 212 Å². The standard InChI is InChI=1S/4C22H30ClN4O8P/c4*1-13(2)33-19(29)14(3)26-36(31,35-15-8-6-5-7-9-15)32-12-16-18(28)22(4,23)20(34-16)27-11-10-17(24)25-21(27)30/h4*5-11,13-14,16,18,20,28H,12H2,1-4H3,(H,26,31)(H2,24,25,30)/t14-,16+,18+,20+,22+,36?;14-,16-,18-,20-,22-,36?;14-,16-,18-,20-,22-,36+;14-,16-,18-,20-,22-,36-/m0111/s1. The van der Waals surface area contributed by atoms with Crippen molar-refractivity contribution in [2.24, 2.45) is 0 Å². The minimum Gasteiger partial charge on any atom is -0.462 e. The van der Waals surface area contributed by atoms with Crippen molar-refractivity contribution in [2.45, 2.75) is 253 Å². The lowest BCUT2D eigenvalue weighted by Crippen LogP contribution is -2.42. The topological polar surface area (TPSA) is 657 Å². The summed E-state index contributed by atoms with van der Waals surface area (Å²) in [6.07, 6.45) is -10.5. The number of aliphatic hydroxyl groups is 4. The number of carbonyl (C=O) groups is 4. The van der Waals surface area contributed by atoms with Crippen LogP contribution in [0.5, 0.6) is 23.0 Å². The molecule has 56 heteroatoms. The number of hydrogen-bond donors (Lipinski definition) is 12. The quantitative estimate of drug-likeness (QED) is 0.00738. The highest BCUT2D eigenvalue weighted by Crippen LogP contribution is 2.54. The fourth-order valence-electron chi connectivity index (χ4n) is 13.8. The molecule has 4 aliphatic rings. The molecule has 0 radical (unpaired) electrons. The van der Waals surface area contributed by atoms with Crippen LogP contribution in [0.3, 0.4) is 0 Å². The number of nitrogens with one attached hydrogen (secondary N) is 4. The molecule has 0 saturated carbocycles. The van der Waals surface area contributed by atoms with Gasteiger partial charge in [0, 0.05) is 24.8 Å². The average Bonchev–Trinajstić information content (AvgIpc) is 1.63. The zero-order valence-corrected chi connectivity index (χ0v) is 87.6. The molecule has 4 saturated heterocycles. The van der Waals surface area contributed by atoms with E-state index in [2.05, 4.69) is 40.3 Å². The number of benzene rings is 4. The third-order valence-electron chi connectivity index (χ3n) is 21.0. The fraction of sp³-hybridized carbons (Fsp3) is 0.500. The Labute approximate surface area is 847 Å². The highest BCUT2D eigenvalue weighted by atomic mass is 35.5. The van der Waals surface area contributed by atoms with Gasteiger partial charge in [-0.2, -0.15) is 40.3 Å². The number of aliphatic hydroxyl groups excluding tert-OH is 4. The molecule has 0 spiro atoms. The summed E-state index contributed by atoms with van der Waals surface area (Å²) >= 11 is 26.2. The van der Waals surface area contributed by atoms with Crippen molar-refractivity contribution in [3.63, 3.8) is 0 Å². The lowest BCUT2D eigenvalue weighted by atomic mass is 10.0. The summed E-state index contributed by atoms with van der Waals surface area (Å²) in [6.45, 7) is 23.3. The van der Waals surface area contributed by atoms with Crippen LogP contribution in [0.15, 0.2) is 190 Å². The summed E-state index contributed by atoms with van der Waals surface area (Å²) in [7, 11) is -16.8. The molecule has 0 amide bonds. The highest BCUT2D eigenvalue weighted by molar-refractivity contribution is 7.53. The second-order valence-corrected chi connectivity index (χ2v) is 44.8. The number of alkyl halides is 4. The summed E-state index contributed by atoms with van der Waals surface area (Å²) in [5, 5.41) is 53.5. The maximum Gasteiger partial charge on any atom is 0.459 e. The van der Waals surface area contributed by atoms with E-state index in [0.29, 0.717) is 0 Å². The molecule has 792 valence electrons. The number of rotatable bonds is 40. The van der Waals surface area contributed by atoms with Gasteiger partial charge in [0.1, 0.15) is 139 Å². The first-order valence-electron chi connectivity index (χ1n) is 44.7. The van der Waals surface area contributed by atoms with Gasteiger partial charge < -0.3 is 99.4 Å². The zero-order chi connectivity index (χ0) is 107. The Balaban J connectivity index is 0.000000214. The molecule has 8 heterocycles.